The number of ether oxygens (including phenoxy) is 1. The minimum absolute atomic E-state index is 0.0503. The van der Waals surface area contributed by atoms with E-state index in [2.05, 4.69) is 6.08 Å². The topological polar surface area (TPSA) is 104 Å². The van der Waals surface area contributed by atoms with Crippen LogP contribution in [0.25, 0.3) is 0 Å². The molecule has 3 aromatic rings. The Morgan fingerprint density at radius 3 is 2.35 bits per heavy atom. The molecule has 9 heteroatoms. The number of carbonyl (C=O) groups is 4. The van der Waals surface area contributed by atoms with Gasteiger partial charge in [-0.2, -0.15) is 0 Å². The average molecular weight is 665 g/mol. The summed E-state index contributed by atoms with van der Waals surface area (Å²) in [5.41, 5.74) is 1.25. The van der Waals surface area contributed by atoms with Crippen LogP contribution in [0, 0.1) is 23.7 Å². The van der Waals surface area contributed by atoms with E-state index >= 15 is 4.79 Å². The van der Waals surface area contributed by atoms with Crippen LogP contribution in [-0.2, 0) is 24.6 Å². The number of hydrogen-bond acceptors (Lipinski definition) is 6. The Morgan fingerprint density at radius 1 is 0.854 bits per heavy atom. The smallest absolute Gasteiger partial charge is 0.246 e. The van der Waals surface area contributed by atoms with Crippen LogP contribution in [0.5, 0.6) is 11.5 Å². The highest BCUT2D eigenvalue weighted by Crippen LogP contribution is 2.65. The molecule has 4 fully saturated rings. The fraction of sp³-hybridized carbons (Fsp3) is 0.385. The molecule has 2 saturated heterocycles. The first-order valence-electron chi connectivity index (χ1n) is 16.9. The number of likely N-dealkylation sites (tertiary alicyclic amines) is 1. The third kappa shape index (κ3) is 4.34. The first-order chi connectivity index (χ1) is 23.3. The van der Waals surface area contributed by atoms with Gasteiger partial charge in [0.1, 0.15) is 0 Å². The predicted molar refractivity (Wildman–Crippen MR) is 179 cm³/mol. The van der Waals surface area contributed by atoms with Crippen molar-refractivity contribution in [3.63, 3.8) is 0 Å². The number of methoxy groups -OCH3 is 1. The summed E-state index contributed by atoms with van der Waals surface area (Å²) in [4.78, 5) is 61.4. The van der Waals surface area contributed by atoms with Gasteiger partial charge in [0.2, 0.25) is 23.6 Å². The van der Waals surface area contributed by atoms with Gasteiger partial charge in [-0.15, -0.1) is 0 Å². The fourth-order valence-corrected chi connectivity index (χ4v) is 9.90. The summed E-state index contributed by atoms with van der Waals surface area (Å²) < 4.78 is 5.54. The van der Waals surface area contributed by atoms with Gasteiger partial charge in [0.05, 0.1) is 36.0 Å². The lowest BCUT2D eigenvalue weighted by Crippen LogP contribution is -2.53. The van der Waals surface area contributed by atoms with Crippen LogP contribution in [0.3, 0.4) is 0 Å². The number of fused-ring (bicyclic) bond motifs is 4. The fourth-order valence-electron chi connectivity index (χ4n) is 9.72. The molecule has 1 N–H and O–H groups in total. The van der Waals surface area contributed by atoms with Crippen molar-refractivity contribution >= 4 is 40.9 Å². The SMILES string of the molecule is COc1cc([C@H]2C3=CC[C@@H]4C(=O)N(C5CCCCC5)C(=O)[C@@H]4[C@@H]3C[C@H]3C(=O)N(c4cccc(Cl)c4)C(=O)[C@@]23c2ccccc2)ccc1O. The van der Waals surface area contributed by atoms with Gasteiger partial charge in [-0.3, -0.25) is 24.1 Å². The van der Waals surface area contributed by atoms with Gasteiger partial charge in [0.15, 0.2) is 11.5 Å². The Bertz CT molecular complexity index is 1870. The molecule has 2 saturated carbocycles. The molecule has 4 amide bonds. The highest BCUT2D eigenvalue weighted by molar-refractivity contribution is 6.32. The molecule has 5 aliphatic rings. The first kappa shape index (κ1) is 30.9. The quantitative estimate of drug-likeness (QED) is 0.245. The summed E-state index contributed by atoms with van der Waals surface area (Å²) in [7, 11) is 1.47. The van der Waals surface area contributed by atoms with Crippen molar-refractivity contribution in [3.8, 4) is 11.5 Å². The minimum Gasteiger partial charge on any atom is -0.504 e. The number of amides is 4. The molecule has 0 bridgehead atoms. The molecule has 0 radical (unpaired) electrons. The van der Waals surface area contributed by atoms with E-state index in [1.165, 1.54) is 12.0 Å². The second kappa shape index (κ2) is 11.6. The lowest BCUT2D eigenvalue weighted by Gasteiger charge is -2.50. The van der Waals surface area contributed by atoms with E-state index in [1.54, 1.807) is 47.4 Å². The normalized spacial score (nSPS) is 30.2. The maximum absolute atomic E-state index is 15.3. The third-order valence-electron chi connectivity index (χ3n) is 11.7. The predicted octanol–water partition coefficient (Wildman–Crippen LogP) is 6.55. The van der Waals surface area contributed by atoms with Crippen LogP contribution in [0.2, 0.25) is 5.02 Å². The number of aromatic hydroxyl groups is 1. The molecule has 8 nitrogen and oxygen atoms in total. The number of allylic oxidation sites excluding steroid dienone is 2. The minimum atomic E-state index is -1.38. The second-order valence-electron chi connectivity index (χ2n) is 13.9. The van der Waals surface area contributed by atoms with Gasteiger partial charge < -0.3 is 9.84 Å². The van der Waals surface area contributed by atoms with E-state index in [0.29, 0.717) is 28.3 Å². The van der Waals surface area contributed by atoms with Crippen molar-refractivity contribution in [2.75, 3.05) is 12.0 Å². The summed E-state index contributed by atoms with van der Waals surface area (Å²) >= 11 is 6.39. The lowest BCUT2D eigenvalue weighted by molar-refractivity contribution is -0.143. The summed E-state index contributed by atoms with van der Waals surface area (Å²) in [5, 5.41) is 11.0. The molecule has 8 rings (SSSR count). The van der Waals surface area contributed by atoms with E-state index in [0.717, 1.165) is 37.7 Å². The van der Waals surface area contributed by atoms with Crippen molar-refractivity contribution in [2.24, 2.45) is 23.7 Å². The zero-order valence-electron chi connectivity index (χ0n) is 26.7. The molecule has 246 valence electrons. The number of halogens is 1. The summed E-state index contributed by atoms with van der Waals surface area (Å²) in [5.74, 6) is -3.87. The monoisotopic (exact) mass is 664 g/mol. The molecule has 3 aromatic carbocycles. The van der Waals surface area contributed by atoms with Crippen molar-refractivity contribution in [1.29, 1.82) is 0 Å². The summed E-state index contributed by atoms with van der Waals surface area (Å²) in [6.07, 6.45) is 7.41. The largest absolute Gasteiger partial charge is 0.504 e. The number of imide groups is 2. The van der Waals surface area contributed by atoms with Gasteiger partial charge in [0.25, 0.3) is 0 Å². The molecule has 0 spiro atoms. The average Bonchev–Trinajstić information content (AvgIpc) is 3.50. The van der Waals surface area contributed by atoms with Crippen LogP contribution in [-0.4, -0.2) is 46.8 Å². The number of carbonyl (C=O) groups excluding carboxylic acids is 4. The number of benzene rings is 3. The molecule has 2 heterocycles. The lowest BCUT2D eigenvalue weighted by atomic mass is 9.49. The number of anilines is 1. The zero-order valence-corrected chi connectivity index (χ0v) is 27.4. The molecular formula is C39H37ClN2O6. The van der Waals surface area contributed by atoms with Crippen LogP contribution in [0.15, 0.2) is 84.4 Å². The van der Waals surface area contributed by atoms with Crippen molar-refractivity contribution < 1.29 is 29.0 Å². The number of phenolic OH excluding ortho intramolecular Hbond substituents is 1. The van der Waals surface area contributed by atoms with E-state index in [1.807, 2.05) is 30.3 Å². The standard InChI is InChI=1S/C39H37ClN2O6/c1-48-32-19-22(15-18-31(32)43)34-27-16-17-28-33(37(46)41(35(28)44)25-12-6-3-7-13-25)29(27)21-30-36(45)42(26-14-8-11-24(40)20-26)38(47)39(30,34)23-9-4-2-5-10-23/h2,4-5,8-11,14-16,18-20,25,28-30,33-34,43H,3,6-7,12-13,17,21H2,1H3/t28-,29+,30-,33-,34-,39+/m0/s1. The van der Waals surface area contributed by atoms with Gasteiger partial charge >= 0.3 is 0 Å². The number of hydrogen-bond donors (Lipinski definition) is 1. The first-order valence-corrected chi connectivity index (χ1v) is 17.3. The Labute approximate surface area is 284 Å². The molecule has 0 unspecified atom stereocenters. The van der Waals surface area contributed by atoms with Gasteiger partial charge in [-0.1, -0.05) is 85.0 Å². The second-order valence-corrected chi connectivity index (χ2v) is 14.3. The van der Waals surface area contributed by atoms with Gasteiger partial charge in [-0.05, 0) is 73.1 Å². The molecule has 6 atom stereocenters. The number of nitrogens with zero attached hydrogens (tertiary/aromatic N) is 2. The van der Waals surface area contributed by atoms with Gasteiger partial charge in [0, 0.05) is 17.0 Å². The Hall–Kier alpha value is -4.43. The van der Waals surface area contributed by atoms with Crippen LogP contribution in [0.4, 0.5) is 5.69 Å². The van der Waals surface area contributed by atoms with E-state index in [4.69, 9.17) is 16.3 Å². The molecular weight excluding hydrogens is 628 g/mol. The highest BCUT2D eigenvalue weighted by atomic mass is 35.5. The van der Waals surface area contributed by atoms with Crippen molar-refractivity contribution in [2.45, 2.75) is 62.3 Å². The molecule has 2 aliphatic heterocycles. The number of phenols is 1. The molecule has 48 heavy (non-hydrogen) atoms. The maximum atomic E-state index is 15.3. The molecule has 0 aromatic heterocycles. The molecule has 3 aliphatic carbocycles. The van der Waals surface area contributed by atoms with Crippen LogP contribution in [0.1, 0.15) is 62.0 Å². The van der Waals surface area contributed by atoms with Crippen LogP contribution < -0.4 is 9.64 Å². The Balaban J connectivity index is 1.35. The number of rotatable bonds is 5. The summed E-state index contributed by atoms with van der Waals surface area (Å²) in [6, 6.07) is 21.1. The maximum Gasteiger partial charge on any atom is 0.246 e. The Morgan fingerprint density at radius 2 is 1.62 bits per heavy atom. The zero-order chi connectivity index (χ0) is 33.3. The van der Waals surface area contributed by atoms with Crippen molar-refractivity contribution in [1.82, 2.24) is 4.90 Å². The van der Waals surface area contributed by atoms with Crippen LogP contribution >= 0.6 is 11.6 Å². The van der Waals surface area contributed by atoms with Gasteiger partial charge in [-0.25, -0.2) is 4.90 Å². The highest BCUT2D eigenvalue weighted by Gasteiger charge is 2.70. The Kier molecular flexibility index (Phi) is 7.47. The summed E-state index contributed by atoms with van der Waals surface area (Å²) in [6.45, 7) is 0. The third-order valence-corrected chi connectivity index (χ3v) is 11.9. The van der Waals surface area contributed by atoms with E-state index in [9.17, 15) is 19.5 Å². The van der Waals surface area contributed by atoms with E-state index < -0.39 is 35.0 Å². The van der Waals surface area contributed by atoms with E-state index in [-0.39, 0.29) is 47.6 Å². The van der Waals surface area contributed by atoms with Crippen molar-refractivity contribution in [3.05, 3.63) is 101 Å².